The average Bonchev–Trinajstić information content (AvgIpc) is 3.49. The fraction of sp³-hybridized carbons (Fsp3) is 0.348. The Labute approximate surface area is 186 Å². The molecule has 156 valence electrons. The number of benzene rings is 2. The maximum absolute atomic E-state index is 12.5. The van der Waals surface area contributed by atoms with Gasteiger partial charge in [-0.3, -0.25) is 9.69 Å². The first-order valence-corrected chi connectivity index (χ1v) is 11.4. The molecule has 1 fully saturated rings. The van der Waals surface area contributed by atoms with Crippen molar-refractivity contribution in [3.8, 4) is 0 Å². The maximum Gasteiger partial charge on any atom is 0.282 e. The number of rotatable bonds is 8. The van der Waals surface area contributed by atoms with E-state index in [-0.39, 0.29) is 11.9 Å². The zero-order valence-corrected chi connectivity index (χ0v) is 18.7. The maximum atomic E-state index is 12.5. The second kappa shape index (κ2) is 9.25. The first kappa shape index (κ1) is 21.0. The van der Waals surface area contributed by atoms with Crippen LogP contribution in [0.3, 0.4) is 0 Å². The number of aryl methyl sites for hydroxylation is 1. The second-order valence-electron chi connectivity index (χ2n) is 7.80. The molecule has 0 bridgehead atoms. The molecule has 30 heavy (non-hydrogen) atoms. The van der Waals surface area contributed by atoms with Crippen LogP contribution in [0.15, 0.2) is 48.5 Å². The Morgan fingerprint density at radius 3 is 2.53 bits per heavy atom. The number of carbonyl (C=O) groups excluding carboxylic acids is 1. The number of nitrogens with one attached hydrogen (secondary N) is 1. The van der Waals surface area contributed by atoms with Gasteiger partial charge < -0.3 is 5.32 Å². The van der Waals surface area contributed by atoms with Gasteiger partial charge in [0.25, 0.3) is 5.91 Å². The van der Waals surface area contributed by atoms with Gasteiger partial charge in [0.05, 0.1) is 6.54 Å². The van der Waals surface area contributed by atoms with Crippen LogP contribution in [0.2, 0.25) is 5.02 Å². The molecule has 7 heteroatoms. The molecule has 1 N–H and O–H groups in total. The summed E-state index contributed by atoms with van der Waals surface area (Å²) in [7, 11) is 0. The number of nitrogens with zero attached hydrogens (tertiary/aromatic N) is 3. The molecular formula is C23H25ClN4OS. The molecule has 1 aliphatic carbocycles. The lowest BCUT2D eigenvalue weighted by Crippen LogP contribution is -2.28. The molecule has 1 heterocycles. The average molecular weight is 441 g/mol. The van der Waals surface area contributed by atoms with Gasteiger partial charge in [0.2, 0.25) is 5.01 Å². The van der Waals surface area contributed by atoms with Crippen LogP contribution in [0.4, 0.5) is 0 Å². The summed E-state index contributed by atoms with van der Waals surface area (Å²) in [5.41, 5.74) is 3.49. The molecule has 2 aromatic carbocycles. The van der Waals surface area contributed by atoms with Crippen molar-refractivity contribution in [2.45, 2.75) is 51.9 Å². The van der Waals surface area contributed by atoms with Gasteiger partial charge in [0, 0.05) is 23.7 Å². The predicted molar refractivity (Wildman–Crippen MR) is 121 cm³/mol. The van der Waals surface area contributed by atoms with E-state index in [1.165, 1.54) is 35.3 Å². The molecule has 0 aliphatic heterocycles. The minimum absolute atomic E-state index is 0.178. The Bertz CT molecular complexity index is 999. The molecule has 1 aliphatic rings. The lowest BCUT2D eigenvalue weighted by atomic mass is 10.1. The molecule has 0 saturated heterocycles. The number of carbonyl (C=O) groups is 1. The van der Waals surface area contributed by atoms with Crippen LogP contribution in [0, 0.1) is 6.92 Å². The first-order chi connectivity index (χ1) is 14.5. The van der Waals surface area contributed by atoms with Crippen molar-refractivity contribution in [1.82, 2.24) is 20.4 Å². The van der Waals surface area contributed by atoms with Gasteiger partial charge in [-0.2, -0.15) is 0 Å². The monoisotopic (exact) mass is 440 g/mol. The first-order valence-electron chi connectivity index (χ1n) is 10.2. The highest BCUT2D eigenvalue weighted by molar-refractivity contribution is 7.13. The van der Waals surface area contributed by atoms with E-state index in [9.17, 15) is 4.79 Å². The zero-order chi connectivity index (χ0) is 21.1. The van der Waals surface area contributed by atoms with Crippen LogP contribution < -0.4 is 5.32 Å². The minimum atomic E-state index is -0.178. The highest BCUT2D eigenvalue weighted by Crippen LogP contribution is 2.36. The van der Waals surface area contributed by atoms with E-state index in [1.54, 1.807) is 0 Å². The summed E-state index contributed by atoms with van der Waals surface area (Å²) in [6, 6.07) is 16.9. The van der Waals surface area contributed by atoms with Gasteiger partial charge in [0.15, 0.2) is 0 Å². The van der Waals surface area contributed by atoms with Crippen molar-refractivity contribution in [3.05, 3.63) is 80.3 Å². The third-order valence-corrected chi connectivity index (χ3v) is 6.58. The van der Waals surface area contributed by atoms with Crippen LogP contribution in [-0.4, -0.2) is 27.0 Å². The van der Waals surface area contributed by atoms with E-state index in [0.717, 1.165) is 15.6 Å². The third kappa shape index (κ3) is 5.25. The van der Waals surface area contributed by atoms with Gasteiger partial charge in [0.1, 0.15) is 5.01 Å². The summed E-state index contributed by atoms with van der Waals surface area (Å²) in [5.74, 6) is -0.178. The summed E-state index contributed by atoms with van der Waals surface area (Å²) >= 11 is 7.41. The number of amides is 1. The fourth-order valence-corrected chi connectivity index (χ4v) is 4.34. The second-order valence-corrected chi connectivity index (χ2v) is 9.30. The molecular weight excluding hydrogens is 416 g/mol. The van der Waals surface area contributed by atoms with Crippen LogP contribution in [0.25, 0.3) is 0 Å². The van der Waals surface area contributed by atoms with Gasteiger partial charge in [-0.25, -0.2) is 0 Å². The molecule has 1 unspecified atom stereocenters. The zero-order valence-electron chi connectivity index (χ0n) is 17.1. The van der Waals surface area contributed by atoms with Crippen molar-refractivity contribution in [2.24, 2.45) is 0 Å². The van der Waals surface area contributed by atoms with Crippen LogP contribution in [-0.2, 0) is 13.1 Å². The highest BCUT2D eigenvalue weighted by atomic mass is 35.5. The van der Waals surface area contributed by atoms with E-state index in [4.69, 9.17) is 11.6 Å². The standard InChI is InChI=1S/C23H25ClN4OS/c1-15-3-5-17(6-4-15)13-25-22(29)23-27-26-21(30-23)14-28(20-11-12-20)16(2)18-7-9-19(24)10-8-18/h3-10,16,20H,11-14H2,1-2H3,(H,25,29). The Balaban J connectivity index is 1.39. The SMILES string of the molecule is Cc1ccc(CNC(=O)c2nnc(CN(C3CC3)C(C)c3ccc(Cl)cc3)s2)cc1. The largest absolute Gasteiger partial charge is 0.346 e. The summed E-state index contributed by atoms with van der Waals surface area (Å²) in [6.07, 6.45) is 2.39. The minimum Gasteiger partial charge on any atom is -0.346 e. The van der Waals surface area contributed by atoms with Crippen molar-refractivity contribution < 1.29 is 4.79 Å². The molecule has 1 aromatic heterocycles. The molecule has 1 amide bonds. The van der Waals surface area contributed by atoms with Crippen LogP contribution in [0.1, 0.15) is 57.3 Å². The molecule has 5 nitrogen and oxygen atoms in total. The third-order valence-electron chi connectivity index (χ3n) is 5.42. The summed E-state index contributed by atoms with van der Waals surface area (Å²) in [6.45, 7) is 5.43. The Hall–Kier alpha value is -2.28. The predicted octanol–water partition coefficient (Wildman–Crippen LogP) is 5.16. The van der Waals surface area contributed by atoms with Gasteiger partial charge >= 0.3 is 0 Å². The van der Waals surface area contributed by atoms with E-state index < -0.39 is 0 Å². The fourth-order valence-electron chi connectivity index (χ4n) is 3.45. The number of aromatic nitrogens is 2. The molecule has 0 spiro atoms. The smallest absolute Gasteiger partial charge is 0.282 e. The molecule has 0 radical (unpaired) electrons. The van der Waals surface area contributed by atoms with Crippen molar-refractivity contribution >= 4 is 28.8 Å². The normalized spacial score (nSPS) is 14.7. The molecule has 3 aromatic rings. The number of halogens is 1. The Morgan fingerprint density at radius 2 is 1.87 bits per heavy atom. The van der Waals surface area contributed by atoms with Crippen LogP contribution in [0.5, 0.6) is 0 Å². The van der Waals surface area contributed by atoms with E-state index in [0.29, 0.717) is 24.1 Å². The van der Waals surface area contributed by atoms with Crippen LogP contribution >= 0.6 is 22.9 Å². The molecule has 1 atom stereocenters. The van der Waals surface area contributed by atoms with Crippen molar-refractivity contribution in [1.29, 1.82) is 0 Å². The lowest BCUT2D eigenvalue weighted by Gasteiger charge is -2.28. The van der Waals surface area contributed by atoms with E-state index in [2.05, 4.69) is 39.5 Å². The summed E-state index contributed by atoms with van der Waals surface area (Å²) in [5, 5.41) is 13.4. The van der Waals surface area contributed by atoms with Gasteiger partial charge in [-0.05, 0) is 49.9 Å². The number of hydrogen-bond acceptors (Lipinski definition) is 5. The quantitative estimate of drug-likeness (QED) is 0.525. The lowest BCUT2D eigenvalue weighted by molar-refractivity contribution is 0.0950. The molecule has 1 saturated carbocycles. The molecule has 4 rings (SSSR count). The topological polar surface area (TPSA) is 58.1 Å². The van der Waals surface area contributed by atoms with E-state index in [1.807, 2.05) is 43.3 Å². The van der Waals surface area contributed by atoms with Gasteiger partial charge in [-0.1, -0.05) is 64.9 Å². The van der Waals surface area contributed by atoms with E-state index >= 15 is 0 Å². The summed E-state index contributed by atoms with van der Waals surface area (Å²) in [4.78, 5) is 14.9. The Kier molecular flexibility index (Phi) is 6.46. The number of hydrogen-bond donors (Lipinski definition) is 1. The van der Waals surface area contributed by atoms with Gasteiger partial charge in [-0.15, -0.1) is 10.2 Å². The Morgan fingerprint density at radius 1 is 1.17 bits per heavy atom. The van der Waals surface area contributed by atoms with Crippen molar-refractivity contribution in [2.75, 3.05) is 0 Å². The van der Waals surface area contributed by atoms with Crippen molar-refractivity contribution in [3.63, 3.8) is 0 Å². The summed E-state index contributed by atoms with van der Waals surface area (Å²) < 4.78 is 0. The highest BCUT2D eigenvalue weighted by Gasteiger charge is 2.33.